The fourth-order valence-electron chi connectivity index (χ4n) is 4.18. The first-order chi connectivity index (χ1) is 15.8. The summed E-state index contributed by atoms with van der Waals surface area (Å²) in [5.41, 5.74) is 5.27. The van der Waals surface area contributed by atoms with Crippen molar-refractivity contribution in [3.05, 3.63) is 70.9 Å². The summed E-state index contributed by atoms with van der Waals surface area (Å²) in [4.78, 5) is 12.9. The van der Waals surface area contributed by atoms with E-state index in [9.17, 15) is 13.2 Å². The van der Waals surface area contributed by atoms with Gasteiger partial charge in [-0.25, -0.2) is 8.42 Å². The highest BCUT2D eigenvalue weighted by Gasteiger charge is 2.32. The summed E-state index contributed by atoms with van der Waals surface area (Å²) < 4.78 is 31.3. The van der Waals surface area contributed by atoms with Gasteiger partial charge in [0.05, 0.1) is 30.4 Å². The van der Waals surface area contributed by atoms with Crippen molar-refractivity contribution in [1.82, 2.24) is 15.1 Å². The monoisotopic (exact) mass is 467 g/mol. The topological polar surface area (TPSA) is 90.3 Å². The van der Waals surface area contributed by atoms with Crippen molar-refractivity contribution in [3.8, 4) is 17.0 Å². The number of nitrogens with one attached hydrogen (secondary N) is 1. The number of rotatable bonds is 7. The average Bonchev–Trinajstić information content (AvgIpc) is 3.39. The first-order valence-corrected chi connectivity index (χ1v) is 12.9. The van der Waals surface area contributed by atoms with E-state index in [1.807, 2.05) is 50.2 Å². The molecule has 1 aromatic heterocycles. The number of aryl methyl sites for hydroxylation is 2. The number of hydrogen-bond acceptors (Lipinski definition) is 5. The maximum absolute atomic E-state index is 12.9. The Kier molecular flexibility index (Phi) is 6.56. The Morgan fingerprint density at radius 3 is 2.64 bits per heavy atom. The molecule has 7 nitrogen and oxygen atoms in total. The minimum Gasteiger partial charge on any atom is -0.496 e. The third kappa shape index (κ3) is 5.11. The van der Waals surface area contributed by atoms with Gasteiger partial charge < -0.3 is 10.1 Å². The summed E-state index contributed by atoms with van der Waals surface area (Å²) in [6.07, 6.45) is 1.12. The Bertz CT molecular complexity index is 1280. The molecule has 0 aliphatic carbocycles. The Hall–Kier alpha value is -3.13. The molecule has 174 valence electrons. The number of nitrogens with zero attached hydrogens (tertiary/aromatic N) is 2. The third-order valence-corrected chi connectivity index (χ3v) is 7.95. The van der Waals surface area contributed by atoms with E-state index in [-0.39, 0.29) is 29.1 Å². The predicted octanol–water partition coefficient (Wildman–Crippen LogP) is 3.51. The molecule has 4 rings (SSSR count). The quantitative estimate of drug-likeness (QED) is 0.574. The molecule has 33 heavy (non-hydrogen) atoms. The van der Waals surface area contributed by atoms with Crippen LogP contribution in [0.25, 0.3) is 11.3 Å². The Labute approximate surface area is 194 Å². The van der Waals surface area contributed by atoms with Crippen LogP contribution in [0.2, 0.25) is 0 Å². The zero-order valence-electron chi connectivity index (χ0n) is 19.2. The van der Waals surface area contributed by atoms with Gasteiger partial charge in [0.1, 0.15) is 5.75 Å². The second-order valence-electron chi connectivity index (χ2n) is 8.53. The van der Waals surface area contributed by atoms with E-state index in [0.717, 1.165) is 28.1 Å². The molecule has 1 amide bonds. The molecule has 0 saturated carbocycles. The van der Waals surface area contributed by atoms with Gasteiger partial charge >= 0.3 is 0 Å². The molecule has 1 atom stereocenters. The Morgan fingerprint density at radius 2 is 1.94 bits per heavy atom. The first-order valence-electron chi connectivity index (χ1n) is 11.0. The lowest BCUT2D eigenvalue weighted by molar-refractivity contribution is 0.0948. The van der Waals surface area contributed by atoms with E-state index < -0.39 is 9.84 Å². The molecule has 2 heterocycles. The normalized spacial score (nSPS) is 17.1. The van der Waals surface area contributed by atoms with Crippen LogP contribution in [-0.4, -0.2) is 49.3 Å². The number of hydrogen-bond donors (Lipinski definition) is 1. The minimum atomic E-state index is -3.09. The van der Waals surface area contributed by atoms with E-state index in [1.165, 1.54) is 5.56 Å². The summed E-state index contributed by atoms with van der Waals surface area (Å²) in [7, 11) is -1.47. The van der Waals surface area contributed by atoms with Crippen molar-refractivity contribution in [2.24, 2.45) is 0 Å². The molecule has 1 fully saturated rings. The molecule has 1 saturated heterocycles. The van der Waals surface area contributed by atoms with Crippen molar-refractivity contribution >= 4 is 15.7 Å². The van der Waals surface area contributed by atoms with Crippen LogP contribution in [0.5, 0.6) is 5.75 Å². The summed E-state index contributed by atoms with van der Waals surface area (Å²) in [5, 5.41) is 7.49. The van der Waals surface area contributed by atoms with Crippen LogP contribution in [0, 0.1) is 13.8 Å². The molecular formula is C25H29N3O4S. The van der Waals surface area contributed by atoms with E-state index >= 15 is 0 Å². The van der Waals surface area contributed by atoms with Crippen molar-refractivity contribution in [2.75, 3.05) is 25.2 Å². The number of carbonyl (C=O) groups is 1. The molecule has 0 bridgehead atoms. The van der Waals surface area contributed by atoms with Gasteiger partial charge in [-0.05, 0) is 61.6 Å². The van der Waals surface area contributed by atoms with E-state index in [1.54, 1.807) is 17.9 Å². The van der Waals surface area contributed by atoms with E-state index in [2.05, 4.69) is 16.5 Å². The Balaban J connectivity index is 1.57. The van der Waals surface area contributed by atoms with Crippen LogP contribution in [0.1, 0.15) is 39.6 Å². The number of aromatic nitrogens is 2. The molecule has 1 aliphatic heterocycles. The summed E-state index contributed by atoms with van der Waals surface area (Å²) >= 11 is 0. The van der Waals surface area contributed by atoms with Gasteiger partial charge in [-0.1, -0.05) is 30.3 Å². The van der Waals surface area contributed by atoms with Crippen LogP contribution in [0.3, 0.4) is 0 Å². The van der Waals surface area contributed by atoms with Crippen LogP contribution in [0.15, 0.2) is 48.5 Å². The number of carbonyl (C=O) groups excluding carboxylic acids is 1. The van der Waals surface area contributed by atoms with Crippen LogP contribution in [-0.2, 0) is 16.3 Å². The highest BCUT2D eigenvalue weighted by Crippen LogP contribution is 2.31. The van der Waals surface area contributed by atoms with Crippen molar-refractivity contribution in [1.29, 1.82) is 0 Å². The summed E-state index contributed by atoms with van der Waals surface area (Å²) in [5.74, 6) is 0.691. The molecule has 1 N–H and O–H groups in total. The molecule has 3 aromatic rings. The van der Waals surface area contributed by atoms with Crippen LogP contribution >= 0.6 is 0 Å². The smallest absolute Gasteiger partial charge is 0.271 e. The average molecular weight is 468 g/mol. The largest absolute Gasteiger partial charge is 0.496 e. The number of methoxy groups -OCH3 is 1. The number of para-hydroxylation sites is 1. The van der Waals surface area contributed by atoms with Gasteiger partial charge in [-0.2, -0.15) is 5.10 Å². The molecular weight excluding hydrogens is 438 g/mol. The number of benzene rings is 2. The van der Waals surface area contributed by atoms with Crippen LogP contribution < -0.4 is 10.1 Å². The number of ether oxygens (including phenoxy) is 1. The molecule has 0 unspecified atom stereocenters. The van der Waals surface area contributed by atoms with E-state index in [0.29, 0.717) is 19.4 Å². The summed E-state index contributed by atoms with van der Waals surface area (Å²) in [6, 6.07) is 15.3. The highest BCUT2D eigenvalue weighted by atomic mass is 32.2. The lowest BCUT2D eigenvalue weighted by Gasteiger charge is -2.14. The van der Waals surface area contributed by atoms with Gasteiger partial charge in [0.15, 0.2) is 15.5 Å². The zero-order chi connectivity index (χ0) is 23.6. The molecule has 1 aliphatic rings. The lowest BCUT2D eigenvalue weighted by Crippen LogP contribution is -2.26. The maximum atomic E-state index is 12.9. The fraction of sp³-hybridized carbons (Fsp3) is 0.360. The minimum absolute atomic E-state index is 0.0430. The van der Waals surface area contributed by atoms with Crippen molar-refractivity contribution in [2.45, 2.75) is 32.7 Å². The zero-order valence-corrected chi connectivity index (χ0v) is 20.0. The lowest BCUT2D eigenvalue weighted by atomic mass is 10.0. The van der Waals surface area contributed by atoms with Gasteiger partial charge in [-0.3, -0.25) is 9.48 Å². The Morgan fingerprint density at radius 1 is 1.15 bits per heavy atom. The number of sulfone groups is 1. The first kappa shape index (κ1) is 23.0. The van der Waals surface area contributed by atoms with Crippen LogP contribution in [0.4, 0.5) is 0 Å². The highest BCUT2D eigenvalue weighted by molar-refractivity contribution is 7.91. The van der Waals surface area contributed by atoms with Crippen molar-refractivity contribution < 1.29 is 17.9 Å². The predicted molar refractivity (Wildman–Crippen MR) is 128 cm³/mol. The van der Waals surface area contributed by atoms with Gasteiger partial charge in [0.25, 0.3) is 5.91 Å². The SMILES string of the molecule is COc1ccccc1CCNC(=O)c1cc(-c2ccc(C)c(C)c2)n([C@@H]2CCS(=O)(=O)C2)n1. The molecule has 0 radical (unpaired) electrons. The second-order valence-corrected chi connectivity index (χ2v) is 10.8. The van der Waals surface area contributed by atoms with Gasteiger partial charge in [-0.15, -0.1) is 0 Å². The fourth-order valence-corrected chi connectivity index (χ4v) is 5.87. The molecule has 8 heteroatoms. The van der Waals surface area contributed by atoms with Gasteiger partial charge in [0, 0.05) is 12.1 Å². The van der Waals surface area contributed by atoms with Crippen molar-refractivity contribution in [3.63, 3.8) is 0 Å². The molecule has 0 spiro atoms. The van der Waals surface area contributed by atoms with E-state index in [4.69, 9.17) is 4.74 Å². The molecule has 2 aromatic carbocycles. The third-order valence-electron chi connectivity index (χ3n) is 6.20. The number of amides is 1. The maximum Gasteiger partial charge on any atom is 0.271 e. The van der Waals surface area contributed by atoms with Gasteiger partial charge in [0.2, 0.25) is 0 Å². The second kappa shape index (κ2) is 9.39. The standard InChI is InChI=1S/C25H29N3O4S/c1-17-8-9-20(14-18(17)2)23-15-22(27-28(23)21-11-13-33(30,31)16-21)25(29)26-12-10-19-6-4-5-7-24(19)32-3/h4-9,14-15,21H,10-13,16H2,1-3H3,(H,26,29)/t21-/m1/s1. The summed E-state index contributed by atoms with van der Waals surface area (Å²) in [6.45, 7) is 4.51.